The maximum Gasteiger partial charge on any atom is 0.144 e. The van der Waals surface area contributed by atoms with Crippen LogP contribution < -0.4 is 0 Å². The number of rotatable bonds is 3. The summed E-state index contributed by atoms with van der Waals surface area (Å²) < 4.78 is 14.3. The van der Waals surface area contributed by atoms with Gasteiger partial charge in [-0.3, -0.25) is 0 Å². The van der Waals surface area contributed by atoms with Gasteiger partial charge in [0.2, 0.25) is 0 Å². The summed E-state index contributed by atoms with van der Waals surface area (Å²) in [5, 5.41) is 0. The third kappa shape index (κ3) is 2.37. The van der Waals surface area contributed by atoms with Crippen LogP contribution in [-0.2, 0) is 6.42 Å². The zero-order valence-corrected chi connectivity index (χ0v) is 10.9. The van der Waals surface area contributed by atoms with E-state index >= 15 is 0 Å². The molecule has 0 N–H and O–H groups in total. The van der Waals surface area contributed by atoms with Gasteiger partial charge in [-0.05, 0) is 29.9 Å². The van der Waals surface area contributed by atoms with Crippen LogP contribution in [0.5, 0.6) is 0 Å². The van der Waals surface area contributed by atoms with Crippen LogP contribution in [0.2, 0.25) is 0 Å². The second kappa shape index (κ2) is 5.37. The molecule has 0 amide bonds. The molecule has 0 spiro atoms. The van der Waals surface area contributed by atoms with Gasteiger partial charge in [0.05, 0.1) is 0 Å². The predicted molar refractivity (Wildman–Crippen MR) is 73.0 cm³/mol. The Balaban J connectivity index is 2.60. The van der Waals surface area contributed by atoms with Crippen molar-refractivity contribution in [3.05, 3.63) is 53.8 Å². The number of halogens is 1. The van der Waals surface area contributed by atoms with Gasteiger partial charge in [-0.25, -0.2) is 4.39 Å². The summed E-state index contributed by atoms with van der Waals surface area (Å²) in [7, 11) is 0. The summed E-state index contributed by atoms with van der Waals surface area (Å²) in [5.74, 6) is -0.110. The molecule has 0 saturated heterocycles. The molecule has 17 heavy (non-hydrogen) atoms. The standard InChI is InChI=1S/C15H15FS/c1-3-11-7-4-5-8-12(11)13-9-6-10-14(17-2)15(13)16/h4-10H,3H2,1-2H3. The molecule has 0 nitrogen and oxygen atoms in total. The fourth-order valence-electron chi connectivity index (χ4n) is 1.97. The van der Waals surface area contributed by atoms with Crippen molar-refractivity contribution in [1.29, 1.82) is 0 Å². The highest BCUT2D eigenvalue weighted by Crippen LogP contribution is 2.31. The fraction of sp³-hybridized carbons (Fsp3) is 0.200. The lowest BCUT2D eigenvalue weighted by Gasteiger charge is -2.10. The molecular formula is C15H15FS. The van der Waals surface area contributed by atoms with Crippen LogP contribution in [0.4, 0.5) is 4.39 Å². The molecule has 0 unspecified atom stereocenters. The molecule has 0 heterocycles. The highest BCUT2D eigenvalue weighted by molar-refractivity contribution is 7.98. The van der Waals surface area contributed by atoms with Crippen molar-refractivity contribution < 1.29 is 4.39 Å². The maximum atomic E-state index is 14.3. The quantitative estimate of drug-likeness (QED) is 0.702. The zero-order chi connectivity index (χ0) is 12.3. The maximum absolute atomic E-state index is 14.3. The van der Waals surface area contributed by atoms with Crippen molar-refractivity contribution in [3.8, 4) is 11.1 Å². The normalized spacial score (nSPS) is 10.5. The van der Waals surface area contributed by atoms with E-state index in [0.717, 1.165) is 12.0 Å². The smallest absolute Gasteiger partial charge is 0.144 e. The van der Waals surface area contributed by atoms with Crippen LogP contribution >= 0.6 is 11.8 Å². The van der Waals surface area contributed by atoms with Crippen LogP contribution in [0.15, 0.2) is 47.4 Å². The van der Waals surface area contributed by atoms with E-state index in [0.29, 0.717) is 10.5 Å². The average Bonchev–Trinajstić information content (AvgIpc) is 2.39. The highest BCUT2D eigenvalue weighted by atomic mass is 32.2. The van der Waals surface area contributed by atoms with Crippen molar-refractivity contribution in [2.75, 3.05) is 6.26 Å². The Hall–Kier alpha value is -1.28. The summed E-state index contributed by atoms with van der Waals surface area (Å²) in [6, 6.07) is 13.6. The van der Waals surface area contributed by atoms with Crippen LogP contribution in [0, 0.1) is 5.82 Å². The monoisotopic (exact) mass is 246 g/mol. The van der Waals surface area contributed by atoms with Crippen LogP contribution in [0.1, 0.15) is 12.5 Å². The largest absolute Gasteiger partial charge is 0.205 e. The lowest BCUT2D eigenvalue weighted by molar-refractivity contribution is 0.605. The van der Waals surface area contributed by atoms with E-state index in [2.05, 4.69) is 13.0 Å². The molecule has 0 aliphatic rings. The van der Waals surface area contributed by atoms with Gasteiger partial charge >= 0.3 is 0 Å². The van der Waals surface area contributed by atoms with Crippen molar-refractivity contribution in [1.82, 2.24) is 0 Å². The van der Waals surface area contributed by atoms with E-state index in [1.54, 1.807) is 0 Å². The first-order valence-electron chi connectivity index (χ1n) is 5.68. The summed E-state index contributed by atoms with van der Waals surface area (Å²) >= 11 is 1.44. The van der Waals surface area contributed by atoms with E-state index in [4.69, 9.17) is 0 Å². The Bertz CT molecular complexity index is 520. The van der Waals surface area contributed by atoms with Crippen LogP contribution in [0.25, 0.3) is 11.1 Å². The second-order valence-corrected chi connectivity index (χ2v) is 4.68. The highest BCUT2D eigenvalue weighted by Gasteiger charge is 2.11. The minimum Gasteiger partial charge on any atom is -0.205 e. The van der Waals surface area contributed by atoms with Crippen molar-refractivity contribution in [2.45, 2.75) is 18.2 Å². The third-order valence-electron chi connectivity index (χ3n) is 2.87. The van der Waals surface area contributed by atoms with Gasteiger partial charge in [-0.1, -0.05) is 43.3 Å². The molecule has 2 aromatic carbocycles. The summed E-state index contributed by atoms with van der Waals surface area (Å²) in [5.41, 5.74) is 2.89. The van der Waals surface area contributed by atoms with Crippen LogP contribution in [0.3, 0.4) is 0 Å². The Morgan fingerprint density at radius 1 is 1.00 bits per heavy atom. The van der Waals surface area contributed by atoms with E-state index in [1.807, 2.05) is 42.7 Å². The topological polar surface area (TPSA) is 0 Å². The van der Waals surface area contributed by atoms with Crippen LogP contribution in [-0.4, -0.2) is 6.26 Å². The molecule has 0 aromatic heterocycles. The van der Waals surface area contributed by atoms with Gasteiger partial charge in [0.25, 0.3) is 0 Å². The van der Waals surface area contributed by atoms with Crippen molar-refractivity contribution in [3.63, 3.8) is 0 Å². The van der Waals surface area contributed by atoms with Crippen molar-refractivity contribution in [2.24, 2.45) is 0 Å². The van der Waals surface area contributed by atoms with E-state index in [9.17, 15) is 4.39 Å². The zero-order valence-electron chi connectivity index (χ0n) is 10.0. The first kappa shape index (κ1) is 12.2. The van der Waals surface area contributed by atoms with Gasteiger partial charge in [-0.15, -0.1) is 11.8 Å². The lowest BCUT2D eigenvalue weighted by Crippen LogP contribution is -1.91. The molecular weight excluding hydrogens is 231 g/mol. The Labute approximate surface area is 106 Å². The third-order valence-corrected chi connectivity index (χ3v) is 3.63. The SMILES string of the molecule is CCc1ccccc1-c1cccc(SC)c1F. The molecule has 88 valence electrons. The summed E-state index contributed by atoms with van der Waals surface area (Å²) in [6.45, 7) is 2.09. The Morgan fingerprint density at radius 3 is 2.41 bits per heavy atom. The van der Waals surface area contributed by atoms with Gasteiger partial charge < -0.3 is 0 Å². The Kier molecular flexibility index (Phi) is 3.85. The van der Waals surface area contributed by atoms with Crippen molar-refractivity contribution >= 4 is 11.8 Å². The minimum atomic E-state index is -0.110. The molecule has 0 aliphatic heterocycles. The molecule has 0 saturated carbocycles. The van der Waals surface area contributed by atoms with E-state index in [1.165, 1.54) is 17.3 Å². The van der Waals surface area contributed by atoms with E-state index < -0.39 is 0 Å². The molecule has 2 heteroatoms. The number of hydrogen-bond donors (Lipinski definition) is 0. The number of aryl methyl sites for hydroxylation is 1. The lowest BCUT2D eigenvalue weighted by atomic mass is 9.98. The first-order chi connectivity index (χ1) is 8.27. The summed E-state index contributed by atoms with van der Waals surface area (Å²) in [6.07, 6.45) is 2.81. The van der Waals surface area contributed by atoms with E-state index in [-0.39, 0.29) is 5.82 Å². The molecule has 0 atom stereocenters. The van der Waals surface area contributed by atoms with Gasteiger partial charge in [0.1, 0.15) is 5.82 Å². The molecule has 0 fully saturated rings. The van der Waals surface area contributed by atoms with Gasteiger partial charge in [0.15, 0.2) is 0 Å². The molecule has 2 aromatic rings. The fourth-order valence-corrected chi connectivity index (χ4v) is 2.47. The number of thioether (sulfide) groups is 1. The van der Waals surface area contributed by atoms with Gasteiger partial charge in [-0.2, -0.15) is 0 Å². The minimum absolute atomic E-state index is 0.110. The Morgan fingerprint density at radius 2 is 1.71 bits per heavy atom. The number of hydrogen-bond acceptors (Lipinski definition) is 1. The van der Waals surface area contributed by atoms with Gasteiger partial charge in [0, 0.05) is 10.5 Å². The predicted octanol–water partition coefficient (Wildman–Crippen LogP) is 4.78. The molecule has 2 rings (SSSR count). The number of benzene rings is 2. The average molecular weight is 246 g/mol. The first-order valence-corrected chi connectivity index (χ1v) is 6.91. The summed E-state index contributed by atoms with van der Waals surface area (Å²) in [4.78, 5) is 0.702. The second-order valence-electron chi connectivity index (χ2n) is 3.83. The molecule has 0 bridgehead atoms. The molecule has 0 radical (unpaired) electrons. The molecule has 0 aliphatic carbocycles.